The number of amides is 1. The average molecular weight is 339 g/mol. The van der Waals surface area contributed by atoms with Crippen molar-refractivity contribution < 1.29 is 4.79 Å². The highest BCUT2D eigenvalue weighted by Gasteiger charge is 2.05. The van der Waals surface area contributed by atoms with E-state index >= 15 is 0 Å². The molecule has 0 fully saturated rings. The molecule has 0 aliphatic rings. The Labute approximate surface area is 125 Å². The van der Waals surface area contributed by atoms with Crippen LogP contribution in [0, 0.1) is 6.92 Å². The van der Waals surface area contributed by atoms with Gasteiger partial charge in [-0.2, -0.15) is 0 Å². The number of carbonyl (C=O) groups is 1. The van der Waals surface area contributed by atoms with Crippen molar-refractivity contribution in [3.05, 3.63) is 63.1 Å². The molecule has 1 amide bonds. The van der Waals surface area contributed by atoms with Crippen molar-refractivity contribution in [2.75, 3.05) is 5.32 Å². The van der Waals surface area contributed by atoms with Crippen LogP contribution in [0.2, 0.25) is 5.02 Å². The van der Waals surface area contributed by atoms with Crippen molar-refractivity contribution in [3.8, 4) is 0 Å². The molecular weight excluding hydrogens is 326 g/mol. The minimum atomic E-state index is -0.0535. The number of hydrogen-bond acceptors (Lipinski definition) is 1. The Morgan fingerprint density at radius 1 is 1.21 bits per heavy atom. The highest BCUT2D eigenvalue weighted by molar-refractivity contribution is 9.10. The van der Waals surface area contributed by atoms with E-state index in [2.05, 4.69) is 21.2 Å². The predicted molar refractivity (Wildman–Crippen MR) is 82.7 cm³/mol. The molecule has 0 aliphatic carbocycles. The van der Waals surface area contributed by atoms with Gasteiger partial charge in [0.05, 0.1) is 11.4 Å². The molecule has 2 aromatic rings. The lowest BCUT2D eigenvalue weighted by molar-refractivity contribution is -0.115. The number of hydrogen-bond donors (Lipinski definition) is 1. The molecule has 2 nitrogen and oxygen atoms in total. The van der Waals surface area contributed by atoms with Crippen LogP contribution in [0.1, 0.15) is 11.1 Å². The Balaban J connectivity index is 2.01. The van der Waals surface area contributed by atoms with Gasteiger partial charge in [0, 0.05) is 10.2 Å². The minimum Gasteiger partial charge on any atom is -0.326 e. The van der Waals surface area contributed by atoms with Gasteiger partial charge in [-0.15, -0.1) is 0 Å². The minimum absolute atomic E-state index is 0.0535. The van der Waals surface area contributed by atoms with E-state index in [0.29, 0.717) is 17.1 Å². The lowest BCUT2D eigenvalue weighted by Crippen LogP contribution is -2.14. The topological polar surface area (TPSA) is 29.1 Å². The fraction of sp³-hybridized carbons (Fsp3) is 0.133. The summed E-state index contributed by atoms with van der Waals surface area (Å²) in [5.41, 5.74) is 2.88. The van der Waals surface area contributed by atoms with Gasteiger partial charge in [0.25, 0.3) is 0 Å². The summed E-state index contributed by atoms with van der Waals surface area (Å²) >= 11 is 9.29. The van der Waals surface area contributed by atoms with E-state index in [1.54, 1.807) is 6.07 Å². The van der Waals surface area contributed by atoms with E-state index in [1.165, 1.54) is 5.56 Å². The Morgan fingerprint density at radius 2 is 1.89 bits per heavy atom. The van der Waals surface area contributed by atoms with Crippen molar-refractivity contribution in [2.45, 2.75) is 13.3 Å². The highest BCUT2D eigenvalue weighted by Crippen LogP contribution is 2.25. The van der Waals surface area contributed by atoms with Crippen LogP contribution in [-0.4, -0.2) is 5.91 Å². The Hall–Kier alpha value is -1.32. The van der Waals surface area contributed by atoms with Crippen molar-refractivity contribution in [1.29, 1.82) is 0 Å². The van der Waals surface area contributed by atoms with Crippen LogP contribution < -0.4 is 5.32 Å². The van der Waals surface area contributed by atoms with Crippen LogP contribution in [0.3, 0.4) is 0 Å². The third kappa shape index (κ3) is 4.08. The molecule has 0 heterocycles. The fourth-order valence-corrected chi connectivity index (χ4v) is 2.10. The first-order valence-electron chi connectivity index (χ1n) is 5.85. The average Bonchev–Trinajstić information content (AvgIpc) is 2.37. The number of anilines is 1. The van der Waals surface area contributed by atoms with Gasteiger partial charge < -0.3 is 5.32 Å². The number of benzene rings is 2. The zero-order chi connectivity index (χ0) is 13.8. The zero-order valence-electron chi connectivity index (χ0n) is 10.4. The molecular formula is C15H13BrClNO. The summed E-state index contributed by atoms with van der Waals surface area (Å²) in [6.07, 6.45) is 0.355. The van der Waals surface area contributed by atoms with Crippen molar-refractivity contribution in [3.63, 3.8) is 0 Å². The molecule has 0 bridgehead atoms. The molecule has 0 aliphatic heterocycles. The summed E-state index contributed by atoms with van der Waals surface area (Å²) < 4.78 is 0.811. The molecule has 2 aromatic carbocycles. The summed E-state index contributed by atoms with van der Waals surface area (Å²) in [4.78, 5) is 11.9. The molecule has 0 saturated heterocycles. The quantitative estimate of drug-likeness (QED) is 0.871. The molecule has 98 valence electrons. The van der Waals surface area contributed by atoms with E-state index in [0.717, 1.165) is 10.0 Å². The normalized spacial score (nSPS) is 10.3. The van der Waals surface area contributed by atoms with Gasteiger partial charge in [-0.1, -0.05) is 41.4 Å². The molecule has 4 heteroatoms. The smallest absolute Gasteiger partial charge is 0.228 e. The number of rotatable bonds is 3. The van der Waals surface area contributed by atoms with Crippen molar-refractivity contribution >= 4 is 39.1 Å². The van der Waals surface area contributed by atoms with E-state index in [9.17, 15) is 4.79 Å². The van der Waals surface area contributed by atoms with Crippen molar-refractivity contribution in [1.82, 2.24) is 0 Å². The third-order valence-corrected chi connectivity index (χ3v) is 3.92. The van der Waals surface area contributed by atoms with Gasteiger partial charge in [-0.3, -0.25) is 4.79 Å². The second-order valence-electron chi connectivity index (χ2n) is 4.34. The number of nitrogens with one attached hydrogen (secondary N) is 1. The molecule has 0 radical (unpaired) electrons. The summed E-state index contributed by atoms with van der Waals surface area (Å²) in [7, 11) is 0. The van der Waals surface area contributed by atoms with Gasteiger partial charge in [0.15, 0.2) is 0 Å². The Morgan fingerprint density at radius 3 is 2.53 bits per heavy atom. The monoisotopic (exact) mass is 337 g/mol. The first-order valence-corrected chi connectivity index (χ1v) is 7.02. The zero-order valence-corrected chi connectivity index (χ0v) is 12.8. The molecule has 0 unspecified atom stereocenters. The van der Waals surface area contributed by atoms with Crippen LogP contribution in [0.5, 0.6) is 0 Å². The second-order valence-corrected chi connectivity index (χ2v) is 5.60. The number of halogens is 2. The van der Waals surface area contributed by atoms with Gasteiger partial charge in [0.2, 0.25) is 5.91 Å². The maximum atomic E-state index is 11.9. The maximum absolute atomic E-state index is 11.9. The highest BCUT2D eigenvalue weighted by atomic mass is 79.9. The number of aryl methyl sites for hydroxylation is 1. The van der Waals surface area contributed by atoms with Crippen molar-refractivity contribution in [2.24, 2.45) is 0 Å². The van der Waals surface area contributed by atoms with Crippen LogP contribution in [0.15, 0.2) is 46.9 Å². The van der Waals surface area contributed by atoms with E-state index in [1.807, 2.05) is 43.3 Å². The molecule has 0 aromatic heterocycles. The SMILES string of the molecule is Cc1ccc(CC(=O)Nc2ccc(Br)c(Cl)c2)cc1. The lowest BCUT2D eigenvalue weighted by atomic mass is 10.1. The fourth-order valence-electron chi connectivity index (χ4n) is 1.67. The van der Waals surface area contributed by atoms with Crippen LogP contribution >= 0.6 is 27.5 Å². The largest absolute Gasteiger partial charge is 0.326 e. The summed E-state index contributed by atoms with van der Waals surface area (Å²) in [6.45, 7) is 2.02. The standard InChI is InChI=1S/C15H13BrClNO/c1-10-2-4-11(5-3-10)8-15(19)18-12-6-7-13(16)14(17)9-12/h2-7,9H,8H2,1H3,(H,18,19). The van der Waals surface area contributed by atoms with E-state index in [-0.39, 0.29) is 5.91 Å². The predicted octanol–water partition coefficient (Wildman–Crippen LogP) is 4.59. The van der Waals surface area contributed by atoms with Gasteiger partial charge >= 0.3 is 0 Å². The Bertz CT molecular complexity index is 596. The van der Waals surface area contributed by atoms with Crippen LogP contribution in [-0.2, 0) is 11.2 Å². The summed E-state index contributed by atoms with van der Waals surface area (Å²) in [5, 5.41) is 3.41. The maximum Gasteiger partial charge on any atom is 0.228 e. The van der Waals surface area contributed by atoms with E-state index in [4.69, 9.17) is 11.6 Å². The lowest BCUT2D eigenvalue weighted by Gasteiger charge is -2.06. The summed E-state index contributed by atoms with van der Waals surface area (Å²) in [6, 6.07) is 13.3. The first kappa shape index (κ1) is 14.1. The molecule has 0 spiro atoms. The first-order chi connectivity index (χ1) is 9.04. The molecule has 1 N–H and O–H groups in total. The summed E-state index contributed by atoms with van der Waals surface area (Å²) in [5.74, 6) is -0.0535. The third-order valence-electron chi connectivity index (χ3n) is 2.69. The van der Waals surface area contributed by atoms with Gasteiger partial charge in [-0.25, -0.2) is 0 Å². The molecule has 19 heavy (non-hydrogen) atoms. The molecule has 0 atom stereocenters. The van der Waals surface area contributed by atoms with Crippen LogP contribution in [0.4, 0.5) is 5.69 Å². The van der Waals surface area contributed by atoms with Gasteiger partial charge in [-0.05, 0) is 46.6 Å². The number of carbonyl (C=O) groups excluding carboxylic acids is 1. The van der Waals surface area contributed by atoms with Crippen LogP contribution in [0.25, 0.3) is 0 Å². The van der Waals surface area contributed by atoms with Gasteiger partial charge in [0.1, 0.15) is 0 Å². The molecule has 2 rings (SSSR count). The molecule has 0 saturated carbocycles. The second kappa shape index (κ2) is 6.22. The van der Waals surface area contributed by atoms with E-state index < -0.39 is 0 Å². The Kier molecular flexibility index (Phi) is 4.61.